The van der Waals surface area contributed by atoms with Gasteiger partial charge in [0.1, 0.15) is 0 Å². The molecule has 1 heterocycles. The van der Waals surface area contributed by atoms with Crippen molar-refractivity contribution in [3.05, 3.63) is 0 Å². The van der Waals surface area contributed by atoms with E-state index in [0.717, 1.165) is 6.54 Å². The van der Waals surface area contributed by atoms with Gasteiger partial charge >= 0.3 is 0 Å². The molecule has 0 spiro atoms. The molecule has 0 amide bonds. The fourth-order valence-corrected chi connectivity index (χ4v) is 1.13. The highest BCUT2D eigenvalue weighted by atomic mass is 14.9. The Bertz CT molecular complexity index is 57.5. The molecule has 0 saturated carbocycles. The molecule has 8 heavy (non-hydrogen) atoms. The van der Waals surface area contributed by atoms with E-state index >= 15 is 0 Å². The van der Waals surface area contributed by atoms with E-state index in [0.29, 0.717) is 6.04 Å². The van der Waals surface area contributed by atoms with E-state index < -0.39 is 0 Å². The van der Waals surface area contributed by atoms with Crippen LogP contribution in [0.25, 0.3) is 0 Å². The summed E-state index contributed by atoms with van der Waals surface area (Å²) in [5.74, 6) is 0. The van der Waals surface area contributed by atoms with E-state index in [1.165, 1.54) is 25.8 Å². The van der Waals surface area contributed by atoms with Gasteiger partial charge in [0.2, 0.25) is 0 Å². The van der Waals surface area contributed by atoms with E-state index in [4.69, 9.17) is 5.73 Å². The van der Waals surface area contributed by atoms with Crippen molar-refractivity contribution in [2.75, 3.05) is 13.1 Å². The Balaban J connectivity index is 2.13. The molecule has 0 bridgehead atoms. The highest BCUT2D eigenvalue weighted by molar-refractivity contribution is 4.71. The lowest BCUT2D eigenvalue weighted by atomic mass is 10.1. The van der Waals surface area contributed by atoms with Crippen molar-refractivity contribution in [1.29, 1.82) is 0 Å². The van der Waals surface area contributed by atoms with Gasteiger partial charge in [-0.05, 0) is 19.4 Å². The Morgan fingerprint density at radius 1 is 1.50 bits per heavy atom. The highest BCUT2D eigenvalue weighted by Crippen LogP contribution is 2.04. The maximum Gasteiger partial charge on any atom is 0.0190 e. The molecule has 0 aromatic rings. The van der Waals surface area contributed by atoms with Crippen LogP contribution in [0.4, 0.5) is 0 Å². The lowest BCUT2D eigenvalue weighted by Gasteiger charge is -2.21. The topological polar surface area (TPSA) is 38.0 Å². The second-order valence-electron chi connectivity index (χ2n) is 2.38. The number of piperidine rings is 1. The van der Waals surface area contributed by atoms with Crippen molar-refractivity contribution >= 4 is 0 Å². The van der Waals surface area contributed by atoms with Gasteiger partial charge in [-0.2, -0.15) is 0 Å². The Kier molecular flexibility index (Phi) is 2.30. The van der Waals surface area contributed by atoms with Gasteiger partial charge in [-0.25, -0.2) is 0 Å². The molecule has 1 aliphatic rings. The zero-order chi connectivity index (χ0) is 5.82. The molecule has 1 fully saturated rings. The molecule has 0 radical (unpaired) electrons. The van der Waals surface area contributed by atoms with E-state index in [-0.39, 0.29) is 0 Å². The average Bonchev–Trinajstić information content (AvgIpc) is 1.90. The van der Waals surface area contributed by atoms with Crippen LogP contribution in [0.3, 0.4) is 0 Å². The minimum absolute atomic E-state index is 0.615. The third-order valence-electron chi connectivity index (χ3n) is 1.70. The molecule has 48 valence electrons. The van der Waals surface area contributed by atoms with Crippen molar-refractivity contribution in [2.45, 2.75) is 25.3 Å². The van der Waals surface area contributed by atoms with Crippen LogP contribution in [-0.4, -0.2) is 19.1 Å². The van der Waals surface area contributed by atoms with E-state index in [2.05, 4.69) is 5.32 Å². The summed E-state index contributed by atoms with van der Waals surface area (Å²) in [6.07, 6.45) is 3.96. The molecule has 0 aromatic heterocycles. The lowest BCUT2D eigenvalue weighted by Crippen LogP contribution is -2.39. The van der Waals surface area contributed by atoms with Crippen molar-refractivity contribution in [1.82, 2.24) is 5.32 Å². The van der Waals surface area contributed by atoms with Crippen LogP contribution < -0.4 is 11.1 Å². The summed E-state index contributed by atoms with van der Waals surface area (Å²) in [6.45, 7) is 1.97. The summed E-state index contributed by atoms with van der Waals surface area (Å²) >= 11 is 0. The van der Waals surface area contributed by atoms with Gasteiger partial charge in [0.25, 0.3) is 0 Å². The van der Waals surface area contributed by atoms with E-state index in [1.54, 1.807) is 0 Å². The first-order valence-corrected chi connectivity index (χ1v) is 3.37. The normalized spacial score (nSPS) is 30.4. The fourth-order valence-electron chi connectivity index (χ4n) is 1.13. The molecule has 1 atom stereocenters. The van der Waals surface area contributed by atoms with Crippen molar-refractivity contribution in [2.24, 2.45) is 5.73 Å². The Morgan fingerprint density at radius 2 is 2.38 bits per heavy atom. The monoisotopic (exact) mass is 114 g/mol. The fraction of sp³-hybridized carbons (Fsp3) is 1.00. The van der Waals surface area contributed by atoms with Crippen LogP contribution in [0.5, 0.6) is 0 Å². The molecular formula is C6H14N2. The second kappa shape index (κ2) is 3.05. The third-order valence-corrected chi connectivity index (χ3v) is 1.70. The summed E-state index contributed by atoms with van der Waals surface area (Å²) in [5, 5.41) is 3.34. The molecule has 0 aromatic carbocycles. The second-order valence-corrected chi connectivity index (χ2v) is 2.38. The molecular weight excluding hydrogens is 100 g/mol. The SMILES string of the molecule is NC[C@@H]1CCCCN1. The van der Waals surface area contributed by atoms with Crippen LogP contribution in [0.2, 0.25) is 0 Å². The van der Waals surface area contributed by atoms with Gasteiger partial charge in [-0.3, -0.25) is 0 Å². The average molecular weight is 114 g/mol. The number of hydrogen-bond acceptors (Lipinski definition) is 2. The molecule has 0 aliphatic carbocycles. The quantitative estimate of drug-likeness (QED) is 0.507. The van der Waals surface area contributed by atoms with Gasteiger partial charge in [0, 0.05) is 12.6 Å². The van der Waals surface area contributed by atoms with Crippen LogP contribution in [-0.2, 0) is 0 Å². The summed E-state index contributed by atoms with van der Waals surface area (Å²) in [7, 11) is 0. The Hall–Kier alpha value is -0.0800. The van der Waals surface area contributed by atoms with Gasteiger partial charge in [0.05, 0.1) is 0 Å². The summed E-state index contributed by atoms with van der Waals surface area (Å²) < 4.78 is 0. The molecule has 1 saturated heterocycles. The largest absolute Gasteiger partial charge is 0.329 e. The van der Waals surface area contributed by atoms with Crippen LogP contribution in [0.1, 0.15) is 19.3 Å². The maximum absolute atomic E-state index is 5.44. The highest BCUT2D eigenvalue weighted by Gasteiger charge is 2.08. The number of rotatable bonds is 1. The molecule has 0 unspecified atom stereocenters. The Labute approximate surface area is 50.4 Å². The van der Waals surface area contributed by atoms with Crippen molar-refractivity contribution in [3.63, 3.8) is 0 Å². The van der Waals surface area contributed by atoms with Crippen LogP contribution in [0.15, 0.2) is 0 Å². The maximum atomic E-state index is 5.44. The number of nitrogens with two attached hydrogens (primary N) is 1. The first-order chi connectivity index (χ1) is 3.93. The molecule has 3 N–H and O–H groups in total. The minimum Gasteiger partial charge on any atom is -0.329 e. The van der Waals surface area contributed by atoms with Gasteiger partial charge in [-0.1, -0.05) is 6.42 Å². The van der Waals surface area contributed by atoms with Gasteiger partial charge in [0.15, 0.2) is 0 Å². The minimum atomic E-state index is 0.615. The van der Waals surface area contributed by atoms with Crippen LogP contribution in [0, 0.1) is 0 Å². The van der Waals surface area contributed by atoms with Gasteiger partial charge in [-0.15, -0.1) is 0 Å². The lowest BCUT2D eigenvalue weighted by molar-refractivity contribution is 0.407. The molecule has 1 aliphatic heterocycles. The zero-order valence-electron chi connectivity index (χ0n) is 5.19. The third kappa shape index (κ3) is 1.46. The standard InChI is InChI=1S/C6H14N2/c7-5-6-3-1-2-4-8-6/h6,8H,1-5,7H2/t6-/m0/s1. The van der Waals surface area contributed by atoms with E-state index in [1.807, 2.05) is 0 Å². The predicted molar refractivity (Wildman–Crippen MR) is 34.7 cm³/mol. The number of hydrogen-bond donors (Lipinski definition) is 2. The van der Waals surface area contributed by atoms with Crippen molar-refractivity contribution in [3.8, 4) is 0 Å². The summed E-state index contributed by atoms with van der Waals surface area (Å²) in [6, 6.07) is 0.615. The van der Waals surface area contributed by atoms with Crippen molar-refractivity contribution < 1.29 is 0 Å². The Morgan fingerprint density at radius 3 is 2.75 bits per heavy atom. The molecule has 2 heteroatoms. The van der Waals surface area contributed by atoms with Gasteiger partial charge < -0.3 is 11.1 Å². The number of nitrogens with one attached hydrogen (secondary N) is 1. The molecule has 1 rings (SSSR count). The zero-order valence-corrected chi connectivity index (χ0v) is 5.19. The first kappa shape index (κ1) is 6.05. The first-order valence-electron chi connectivity index (χ1n) is 3.37. The van der Waals surface area contributed by atoms with E-state index in [9.17, 15) is 0 Å². The smallest absolute Gasteiger partial charge is 0.0190 e. The predicted octanol–water partition coefficient (Wildman–Crippen LogP) is 0.0872. The molecule has 2 nitrogen and oxygen atoms in total. The van der Waals surface area contributed by atoms with Crippen LogP contribution >= 0.6 is 0 Å². The summed E-state index contributed by atoms with van der Waals surface area (Å²) in [5.41, 5.74) is 5.44. The summed E-state index contributed by atoms with van der Waals surface area (Å²) in [4.78, 5) is 0.